The van der Waals surface area contributed by atoms with Gasteiger partial charge in [0.2, 0.25) is 0 Å². The Bertz CT molecular complexity index is 3160. The molecule has 1 aromatic heterocycles. The molecule has 1 aliphatic rings. The predicted octanol–water partition coefficient (Wildman–Crippen LogP) is 15.5. The SMILES string of the molecule is CC1(C)c2ccccc2-c2c(-c3ccccc3N(c3ccccc3-c3cccc4cccc(-c5ccccc5)c34)c3cccc4oc5ccccc5c34)cccc21. The molecule has 0 unspecified atom stereocenters. The van der Waals surface area contributed by atoms with Crippen molar-refractivity contribution in [1.82, 2.24) is 0 Å². The first-order chi connectivity index (χ1) is 28.1. The lowest BCUT2D eigenvalue weighted by Crippen LogP contribution is -2.15. The molecule has 0 N–H and O–H groups in total. The number of para-hydroxylation sites is 3. The van der Waals surface area contributed by atoms with Crippen LogP contribution < -0.4 is 4.90 Å². The third-order valence-corrected chi connectivity index (χ3v) is 12.1. The van der Waals surface area contributed by atoms with Crippen LogP contribution in [0.15, 0.2) is 205 Å². The van der Waals surface area contributed by atoms with Crippen LogP contribution in [-0.2, 0) is 5.41 Å². The number of nitrogens with zero attached hydrogens (tertiary/aromatic N) is 1. The van der Waals surface area contributed by atoms with Gasteiger partial charge in [-0.2, -0.15) is 0 Å². The molecule has 1 heterocycles. The van der Waals surface area contributed by atoms with Gasteiger partial charge in [-0.25, -0.2) is 0 Å². The van der Waals surface area contributed by atoms with Crippen LogP contribution in [0.1, 0.15) is 25.0 Å². The number of hydrogen-bond donors (Lipinski definition) is 0. The van der Waals surface area contributed by atoms with Crippen LogP contribution in [0.4, 0.5) is 17.1 Å². The van der Waals surface area contributed by atoms with Crippen LogP contribution >= 0.6 is 0 Å². The molecule has 0 aliphatic heterocycles. The second-order valence-electron chi connectivity index (χ2n) is 15.6. The topological polar surface area (TPSA) is 16.4 Å². The van der Waals surface area contributed by atoms with E-state index in [0.717, 1.165) is 44.6 Å². The second-order valence-corrected chi connectivity index (χ2v) is 15.6. The molecule has 10 aromatic rings. The number of fused-ring (bicyclic) bond motifs is 7. The van der Waals surface area contributed by atoms with Crippen LogP contribution in [0.5, 0.6) is 0 Å². The normalized spacial score (nSPS) is 12.9. The summed E-state index contributed by atoms with van der Waals surface area (Å²) in [7, 11) is 0. The molecule has 0 fully saturated rings. The summed E-state index contributed by atoms with van der Waals surface area (Å²) in [6.45, 7) is 4.71. The molecule has 0 radical (unpaired) electrons. The second kappa shape index (κ2) is 13.0. The summed E-state index contributed by atoms with van der Waals surface area (Å²) < 4.78 is 6.56. The lowest BCUT2D eigenvalue weighted by Gasteiger charge is -2.31. The fraction of sp³-hybridized carbons (Fsp3) is 0.0545. The highest BCUT2D eigenvalue weighted by Gasteiger charge is 2.37. The Morgan fingerprint density at radius 1 is 0.368 bits per heavy atom. The summed E-state index contributed by atoms with van der Waals surface area (Å²) in [5, 5.41) is 4.62. The number of hydrogen-bond acceptors (Lipinski definition) is 2. The summed E-state index contributed by atoms with van der Waals surface area (Å²) in [6, 6.07) is 72.7. The van der Waals surface area contributed by atoms with Crippen molar-refractivity contribution >= 4 is 49.8 Å². The fourth-order valence-electron chi connectivity index (χ4n) is 9.53. The zero-order valence-electron chi connectivity index (χ0n) is 31.9. The molecule has 11 rings (SSSR count). The first-order valence-electron chi connectivity index (χ1n) is 19.8. The van der Waals surface area contributed by atoms with Gasteiger partial charge in [0.1, 0.15) is 11.2 Å². The van der Waals surface area contributed by atoms with E-state index in [1.54, 1.807) is 0 Å². The van der Waals surface area contributed by atoms with Crippen molar-refractivity contribution in [2.75, 3.05) is 4.90 Å². The molecule has 0 saturated heterocycles. The number of rotatable bonds is 6. The maximum atomic E-state index is 6.56. The highest BCUT2D eigenvalue weighted by atomic mass is 16.3. The summed E-state index contributed by atoms with van der Waals surface area (Å²) >= 11 is 0. The van der Waals surface area contributed by atoms with Gasteiger partial charge < -0.3 is 9.32 Å². The van der Waals surface area contributed by atoms with E-state index in [2.05, 4.69) is 213 Å². The molecule has 0 bridgehead atoms. The van der Waals surface area contributed by atoms with Crippen molar-refractivity contribution in [3.05, 3.63) is 211 Å². The average molecular weight is 730 g/mol. The summed E-state index contributed by atoms with van der Waals surface area (Å²) in [5.74, 6) is 0. The molecule has 0 saturated carbocycles. The van der Waals surface area contributed by atoms with E-state index < -0.39 is 0 Å². The zero-order chi connectivity index (χ0) is 38.1. The molecule has 0 spiro atoms. The quantitative estimate of drug-likeness (QED) is 0.169. The van der Waals surface area contributed by atoms with Gasteiger partial charge in [-0.15, -0.1) is 0 Å². The van der Waals surface area contributed by atoms with Gasteiger partial charge in [0.15, 0.2) is 0 Å². The molecule has 2 nitrogen and oxygen atoms in total. The van der Waals surface area contributed by atoms with Crippen LogP contribution in [0.2, 0.25) is 0 Å². The van der Waals surface area contributed by atoms with Crippen LogP contribution in [-0.4, -0.2) is 0 Å². The standard InChI is InChI=1S/C55H39NO/c1-55(2)45-29-10-6-24-43(45)53-42(28-16-30-46(53)55)40-23-8-12-32-48(40)56(49-33-17-35-51-54(49)44-25-9-13-34-50(44)57-51)47-31-11-7-22-39(47)41-27-15-21-37-20-14-26-38(52(37)41)36-18-4-3-5-19-36/h3-35H,1-2H3. The van der Waals surface area contributed by atoms with E-state index in [9.17, 15) is 0 Å². The summed E-state index contributed by atoms with van der Waals surface area (Å²) in [4.78, 5) is 2.49. The molecular formula is C55H39NO. The minimum Gasteiger partial charge on any atom is -0.456 e. The van der Waals surface area contributed by atoms with Crippen molar-refractivity contribution in [2.24, 2.45) is 0 Å². The Morgan fingerprint density at radius 2 is 0.895 bits per heavy atom. The largest absolute Gasteiger partial charge is 0.456 e. The lowest BCUT2D eigenvalue weighted by atomic mass is 9.82. The van der Waals surface area contributed by atoms with E-state index in [1.807, 2.05) is 6.07 Å². The van der Waals surface area contributed by atoms with Crippen molar-refractivity contribution in [1.29, 1.82) is 0 Å². The van der Waals surface area contributed by atoms with E-state index in [-0.39, 0.29) is 5.41 Å². The predicted molar refractivity (Wildman–Crippen MR) is 240 cm³/mol. The highest BCUT2D eigenvalue weighted by Crippen LogP contribution is 2.55. The average Bonchev–Trinajstić information content (AvgIpc) is 3.76. The molecule has 9 aromatic carbocycles. The Balaban J connectivity index is 1.24. The fourth-order valence-corrected chi connectivity index (χ4v) is 9.53. The maximum absolute atomic E-state index is 6.56. The van der Waals surface area contributed by atoms with Crippen molar-refractivity contribution in [3.63, 3.8) is 0 Å². The number of anilines is 3. The molecule has 0 atom stereocenters. The molecule has 57 heavy (non-hydrogen) atoms. The number of benzene rings is 9. The first kappa shape index (κ1) is 33.2. The zero-order valence-corrected chi connectivity index (χ0v) is 31.9. The van der Waals surface area contributed by atoms with E-state index in [1.165, 1.54) is 60.8 Å². The van der Waals surface area contributed by atoms with Crippen molar-refractivity contribution < 1.29 is 4.42 Å². The van der Waals surface area contributed by atoms with Crippen LogP contribution in [0.25, 0.3) is 77.2 Å². The van der Waals surface area contributed by atoms with Gasteiger partial charge in [0.25, 0.3) is 0 Å². The molecular weight excluding hydrogens is 691 g/mol. The monoisotopic (exact) mass is 729 g/mol. The van der Waals surface area contributed by atoms with Gasteiger partial charge in [-0.3, -0.25) is 0 Å². The van der Waals surface area contributed by atoms with Crippen LogP contribution in [0.3, 0.4) is 0 Å². The van der Waals surface area contributed by atoms with Gasteiger partial charge >= 0.3 is 0 Å². The van der Waals surface area contributed by atoms with Gasteiger partial charge in [0.05, 0.1) is 22.4 Å². The Morgan fingerprint density at radius 3 is 1.68 bits per heavy atom. The van der Waals surface area contributed by atoms with E-state index >= 15 is 0 Å². The molecule has 0 amide bonds. The van der Waals surface area contributed by atoms with Crippen LogP contribution in [0, 0.1) is 0 Å². The Kier molecular flexibility index (Phi) is 7.55. The first-order valence-corrected chi connectivity index (χ1v) is 19.8. The molecule has 1 aliphatic carbocycles. The molecule has 2 heteroatoms. The van der Waals surface area contributed by atoms with Crippen molar-refractivity contribution in [2.45, 2.75) is 19.3 Å². The Hall–Kier alpha value is -7.16. The number of furan rings is 1. The van der Waals surface area contributed by atoms with E-state index in [4.69, 9.17) is 4.42 Å². The Labute approximate surface area is 332 Å². The molecule has 270 valence electrons. The minimum atomic E-state index is -0.116. The highest BCUT2D eigenvalue weighted by molar-refractivity contribution is 6.16. The van der Waals surface area contributed by atoms with E-state index in [0.29, 0.717) is 0 Å². The smallest absolute Gasteiger partial charge is 0.137 e. The summed E-state index contributed by atoms with van der Waals surface area (Å²) in [6.07, 6.45) is 0. The lowest BCUT2D eigenvalue weighted by molar-refractivity contribution is 0.660. The van der Waals surface area contributed by atoms with Gasteiger partial charge in [0, 0.05) is 21.9 Å². The van der Waals surface area contributed by atoms with Gasteiger partial charge in [-0.05, 0) is 85.6 Å². The third-order valence-electron chi connectivity index (χ3n) is 12.1. The van der Waals surface area contributed by atoms with Gasteiger partial charge in [-0.1, -0.05) is 184 Å². The third kappa shape index (κ3) is 5.11. The maximum Gasteiger partial charge on any atom is 0.137 e. The minimum absolute atomic E-state index is 0.116. The summed E-state index contributed by atoms with van der Waals surface area (Å²) in [5.41, 5.74) is 17.4. The van der Waals surface area contributed by atoms with Crippen molar-refractivity contribution in [3.8, 4) is 44.5 Å².